The van der Waals surface area contributed by atoms with Crippen molar-refractivity contribution in [3.8, 4) is 11.4 Å². The van der Waals surface area contributed by atoms with Crippen molar-refractivity contribution in [1.82, 2.24) is 15.1 Å². The summed E-state index contributed by atoms with van der Waals surface area (Å²) in [4.78, 5) is 8.42. The Morgan fingerprint density at radius 1 is 1.26 bits per heavy atom. The lowest BCUT2D eigenvalue weighted by Crippen LogP contribution is -2.19. The zero-order valence-corrected chi connectivity index (χ0v) is 11.6. The summed E-state index contributed by atoms with van der Waals surface area (Å²) in [6, 6.07) is 3.71. The molecule has 0 spiro atoms. The summed E-state index contributed by atoms with van der Waals surface area (Å²) in [7, 11) is 0. The molecule has 0 fully saturated rings. The van der Waals surface area contributed by atoms with Crippen LogP contribution in [0.1, 0.15) is 39.0 Å². The number of aromatic nitrogens is 3. The highest BCUT2D eigenvalue weighted by molar-refractivity contribution is 5.52. The van der Waals surface area contributed by atoms with E-state index in [-0.39, 0.29) is 11.3 Å². The minimum Gasteiger partial charge on any atom is -0.339 e. The monoisotopic (exact) mass is 260 g/mol. The summed E-state index contributed by atoms with van der Waals surface area (Å²) in [5, 5.41) is 4.02. The predicted octanol–water partition coefficient (Wildman–Crippen LogP) is 2.61. The average molecular weight is 260 g/mol. The van der Waals surface area contributed by atoms with Gasteiger partial charge >= 0.3 is 0 Å². The lowest BCUT2D eigenvalue weighted by atomic mass is 9.84. The fraction of sp³-hybridized carbons (Fsp3) is 0.500. The Hall–Kier alpha value is -1.75. The molecule has 2 rings (SSSR count). The second kappa shape index (κ2) is 5.48. The van der Waals surface area contributed by atoms with E-state index in [9.17, 15) is 0 Å². The van der Waals surface area contributed by atoms with E-state index in [0.29, 0.717) is 18.3 Å². The smallest absolute Gasteiger partial charge is 0.231 e. The van der Waals surface area contributed by atoms with Gasteiger partial charge in [0.25, 0.3) is 0 Å². The minimum absolute atomic E-state index is 0.100. The molecule has 2 N–H and O–H groups in total. The molecule has 0 aliphatic carbocycles. The molecule has 0 amide bonds. The highest BCUT2D eigenvalue weighted by Gasteiger charge is 2.24. The van der Waals surface area contributed by atoms with Gasteiger partial charge in [-0.25, -0.2) is 0 Å². The highest BCUT2D eigenvalue weighted by Crippen LogP contribution is 2.30. The van der Waals surface area contributed by atoms with Gasteiger partial charge in [0.1, 0.15) is 0 Å². The number of nitrogens with zero attached hydrogens (tertiary/aromatic N) is 3. The zero-order valence-electron chi connectivity index (χ0n) is 11.6. The Kier molecular flexibility index (Phi) is 3.95. The van der Waals surface area contributed by atoms with Crippen molar-refractivity contribution in [1.29, 1.82) is 0 Å². The molecule has 5 heteroatoms. The van der Waals surface area contributed by atoms with Crippen LogP contribution in [0.15, 0.2) is 29.0 Å². The van der Waals surface area contributed by atoms with Gasteiger partial charge in [-0.3, -0.25) is 4.98 Å². The van der Waals surface area contributed by atoms with Crippen molar-refractivity contribution in [3.63, 3.8) is 0 Å². The second-order valence-electron chi connectivity index (χ2n) is 5.89. The second-order valence-corrected chi connectivity index (χ2v) is 5.89. The summed E-state index contributed by atoms with van der Waals surface area (Å²) in [5.41, 5.74) is 6.90. The molecule has 2 aromatic rings. The molecule has 5 nitrogen and oxygen atoms in total. The Labute approximate surface area is 113 Å². The number of pyridine rings is 1. The Bertz CT molecular complexity index is 516. The lowest BCUT2D eigenvalue weighted by molar-refractivity contribution is 0.287. The maximum Gasteiger partial charge on any atom is 0.231 e. The largest absolute Gasteiger partial charge is 0.339 e. The molecule has 1 atom stereocenters. The first-order valence-electron chi connectivity index (χ1n) is 6.43. The van der Waals surface area contributed by atoms with Crippen molar-refractivity contribution in [2.24, 2.45) is 11.1 Å². The Morgan fingerprint density at radius 3 is 2.53 bits per heavy atom. The van der Waals surface area contributed by atoms with Crippen LogP contribution < -0.4 is 5.73 Å². The van der Waals surface area contributed by atoms with E-state index in [1.54, 1.807) is 12.4 Å². The molecular weight excluding hydrogens is 240 g/mol. The van der Waals surface area contributed by atoms with Crippen LogP contribution in [0, 0.1) is 5.41 Å². The van der Waals surface area contributed by atoms with E-state index in [2.05, 4.69) is 35.9 Å². The fourth-order valence-corrected chi connectivity index (χ4v) is 2.03. The van der Waals surface area contributed by atoms with Crippen LogP contribution in [-0.2, 0) is 0 Å². The normalized spacial score (nSPS) is 13.5. The first-order valence-corrected chi connectivity index (χ1v) is 6.43. The van der Waals surface area contributed by atoms with Crippen molar-refractivity contribution in [3.05, 3.63) is 30.4 Å². The number of hydrogen-bond acceptors (Lipinski definition) is 5. The summed E-state index contributed by atoms with van der Waals surface area (Å²) >= 11 is 0. The van der Waals surface area contributed by atoms with Crippen molar-refractivity contribution < 1.29 is 4.52 Å². The third kappa shape index (κ3) is 3.61. The van der Waals surface area contributed by atoms with Crippen LogP contribution in [-0.4, -0.2) is 21.7 Å². The van der Waals surface area contributed by atoms with Gasteiger partial charge in [-0.15, -0.1) is 0 Å². The minimum atomic E-state index is 0.100. The molecule has 0 saturated heterocycles. The summed E-state index contributed by atoms with van der Waals surface area (Å²) in [6.07, 6.45) is 4.34. The topological polar surface area (TPSA) is 77.8 Å². The van der Waals surface area contributed by atoms with Crippen molar-refractivity contribution in [2.45, 2.75) is 33.1 Å². The predicted molar refractivity (Wildman–Crippen MR) is 73.4 cm³/mol. The summed E-state index contributed by atoms with van der Waals surface area (Å²) < 4.78 is 5.36. The van der Waals surface area contributed by atoms with Gasteiger partial charge in [0.15, 0.2) is 0 Å². The van der Waals surface area contributed by atoms with E-state index in [4.69, 9.17) is 10.3 Å². The van der Waals surface area contributed by atoms with E-state index < -0.39 is 0 Å². The molecule has 19 heavy (non-hydrogen) atoms. The summed E-state index contributed by atoms with van der Waals surface area (Å²) in [6.45, 7) is 7.04. The maximum atomic E-state index is 5.82. The van der Waals surface area contributed by atoms with Gasteiger partial charge < -0.3 is 10.3 Å². The third-order valence-electron chi connectivity index (χ3n) is 2.87. The van der Waals surface area contributed by atoms with Gasteiger partial charge in [0.05, 0.1) is 5.92 Å². The quantitative estimate of drug-likeness (QED) is 0.914. The van der Waals surface area contributed by atoms with Crippen LogP contribution in [0.25, 0.3) is 11.4 Å². The average Bonchev–Trinajstić information content (AvgIpc) is 2.85. The molecule has 0 radical (unpaired) electrons. The van der Waals surface area contributed by atoms with Gasteiger partial charge in [0.2, 0.25) is 11.7 Å². The Balaban J connectivity index is 2.20. The number of rotatable bonds is 4. The third-order valence-corrected chi connectivity index (χ3v) is 2.87. The molecule has 102 valence electrons. The van der Waals surface area contributed by atoms with Crippen LogP contribution in [0.3, 0.4) is 0 Å². The van der Waals surface area contributed by atoms with Crippen molar-refractivity contribution >= 4 is 0 Å². The molecule has 0 aliphatic rings. The van der Waals surface area contributed by atoms with Gasteiger partial charge in [-0.1, -0.05) is 25.9 Å². The standard InChI is InChI=1S/C14H20N4O/c1-14(2,3)8-11(9-15)13-17-12(18-19-13)10-4-6-16-7-5-10/h4-7,11H,8-9,15H2,1-3H3. The van der Waals surface area contributed by atoms with E-state index >= 15 is 0 Å². The molecule has 0 bridgehead atoms. The molecule has 1 unspecified atom stereocenters. The molecule has 0 aromatic carbocycles. The fourth-order valence-electron chi connectivity index (χ4n) is 2.03. The molecule has 2 aromatic heterocycles. The summed E-state index contributed by atoms with van der Waals surface area (Å²) in [5.74, 6) is 1.30. The molecule has 2 heterocycles. The number of nitrogens with two attached hydrogens (primary N) is 1. The first kappa shape index (κ1) is 13.7. The molecule has 0 aliphatic heterocycles. The van der Waals surface area contributed by atoms with Gasteiger partial charge in [0, 0.05) is 24.5 Å². The number of hydrogen-bond donors (Lipinski definition) is 1. The SMILES string of the molecule is CC(C)(C)CC(CN)c1nc(-c2ccncc2)no1. The van der Waals surface area contributed by atoms with Gasteiger partial charge in [-0.2, -0.15) is 4.98 Å². The van der Waals surface area contributed by atoms with Crippen LogP contribution in [0.2, 0.25) is 0 Å². The van der Waals surface area contributed by atoms with Crippen LogP contribution >= 0.6 is 0 Å². The van der Waals surface area contributed by atoms with Crippen LogP contribution in [0.4, 0.5) is 0 Å². The van der Waals surface area contributed by atoms with E-state index in [1.807, 2.05) is 12.1 Å². The highest BCUT2D eigenvalue weighted by atomic mass is 16.5. The maximum absolute atomic E-state index is 5.82. The van der Waals surface area contributed by atoms with E-state index in [0.717, 1.165) is 12.0 Å². The van der Waals surface area contributed by atoms with Crippen LogP contribution in [0.5, 0.6) is 0 Å². The van der Waals surface area contributed by atoms with E-state index in [1.165, 1.54) is 0 Å². The van der Waals surface area contributed by atoms with Gasteiger partial charge in [-0.05, 0) is 24.0 Å². The lowest BCUT2D eigenvalue weighted by Gasteiger charge is -2.22. The zero-order chi connectivity index (χ0) is 13.9. The molecule has 0 saturated carbocycles. The first-order chi connectivity index (χ1) is 8.99. The Morgan fingerprint density at radius 2 is 1.95 bits per heavy atom. The molecular formula is C14H20N4O. The van der Waals surface area contributed by atoms with Crippen molar-refractivity contribution in [2.75, 3.05) is 6.54 Å².